The van der Waals surface area contributed by atoms with Crippen molar-refractivity contribution in [3.63, 3.8) is 0 Å². The first kappa shape index (κ1) is 29.6. The van der Waals surface area contributed by atoms with Crippen molar-refractivity contribution in [2.45, 2.75) is 0 Å². The maximum Gasteiger partial charge on any atom is 0.123 e. The molecule has 2 nitrogen and oxygen atoms in total. The summed E-state index contributed by atoms with van der Waals surface area (Å²) < 4.78 is 32.6. The molecule has 0 bridgehead atoms. The second-order valence-corrected chi connectivity index (χ2v) is 12.5. The molecule has 2 aromatic heterocycles. The zero-order valence-electron chi connectivity index (χ0n) is 27.0. The van der Waals surface area contributed by atoms with Gasteiger partial charge >= 0.3 is 0 Å². The Morgan fingerprint density at radius 1 is 0.320 bits per heavy atom. The van der Waals surface area contributed by atoms with Crippen molar-refractivity contribution in [1.29, 1.82) is 0 Å². The van der Waals surface area contributed by atoms with Gasteiger partial charge in [-0.2, -0.15) is 0 Å². The standard InChI is InChI=1S/C46H30F2N2/c47-35-21-27-45-41(29-35)39-5-1-3-7-43(39)49(45)37-23-17-33(18-24-37)15-13-31-9-11-32(12-10-31)14-16-34-19-25-38(26-20-34)50-44-8-4-2-6-40(44)42-30-36(48)22-28-46(42)50/h1-30H/b15-13+,16-14+. The predicted octanol–water partition coefficient (Wildman–Crippen LogP) is 12.5. The molecule has 0 N–H and O–H groups in total. The second-order valence-electron chi connectivity index (χ2n) is 12.5. The van der Waals surface area contributed by atoms with Gasteiger partial charge < -0.3 is 9.13 Å². The molecule has 0 radical (unpaired) electrons. The van der Waals surface area contributed by atoms with Crippen LogP contribution in [0.3, 0.4) is 0 Å². The highest BCUT2D eigenvalue weighted by atomic mass is 19.1. The maximum absolute atomic E-state index is 14.1. The SMILES string of the molecule is Fc1ccc2c(c1)c1ccccc1n2-c1ccc(/C=C/c2ccc(/C=C/c3ccc(-n4c5ccccc5c5cc(F)ccc54)cc3)cc2)cc1. The summed E-state index contributed by atoms with van der Waals surface area (Å²) in [4.78, 5) is 0. The van der Waals surface area contributed by atoms with Crippen LogP contribution in [-0.2, 0) is 0 Å². The van der Waals surface area contributed by atoms with Gasteiger partial charge in [0.25, 0.3) is 0 Å². The van der Waals surface area contributed by atoms with Crippen LogP contribution < -0.4 is 0 Å². The smallest absolute Gasteiger partial charge is 0.123 e. The summed E-state index contributed by atoms with van der Waals surface area (Å²) in [6.07, 6.45) is 8.47. The molecular formula is C46H30F2N2. The Hall–Kier alpha value is -6.52. The van der Waals surface area contributed by atoms with E-state index in [1.807, 2.05) is 48.5 Å². The quantitative estimate of drug-likeness (QED) is 0.159. The molecular weight excluding hydrogens is 619 g/mol. The topological polar surface area (TPSA) is 9.86 Å². The number of rotatable bonds is 6. The van der Waals surface area contributed by atoms with Crippen LogP contribution in [0.25, 0.3) is 79.3 Å². The minimum Gasteiger partial charge on any atom is -0.309 e. The second kappa shape index (κ2) is 12.2. The van der Waals surface area contributed by atoms with E-state index in [-0.39, 0.29) is 11.6 Å². The molecule has 9 aromatic rings. The Morgan fingerprint density at radius 2 is 0.640 bits per heavy atom. The normalized spacial score (nSPS) is 12.0. The summed E-state index contributed by atoms with van der Waals surface area (Å²) in [6.45, 7) is 0. The van der Waals surface area contributed by atoms with Crippen LogP contribution in [0.1, 0.15) is 22.3 Å². The number of hydrogen-bond acceptors (Lipinski definition) is 0. The van der Waals surface area contributed by atoms with E-state index in [4.69, 9.17) is 0 Å². The van der Waals surface area contributed by atoms with Crippen LogP contribution >= 0.6 is 0 Å². The van der Waals surface area contributed by atoms with Crippen LogP contribution in [0.4, 0.5) is 8.78 Å². The number of halogens is 2. The molecule has 0 aliphatic heterocycles. The van der Waals surface area contributed by atoms with Crippen LogP contribution in [0.2, 0.25) is 0 Å². The fourth-order valence-electron chi connectivity index (χ4n) is 7.02. The first-order chi connectivity index (χ1) is 24.6. The first-order valence-electron chi connectivity index (χ1n) is 16.6. The molecule has 238 valence electrons. The van der Waals surface area contributed by atoms with Gasteiger partial charge in [0.2, 0.25) is 0 Å². The van der Waals surface area contributed by atoms with Crippen molar-refractivity contribution < 1.29 is 8.78 Å². The summed E-state index contributed by atoms with van der Waals surface area (Å²) in [7, 11) is 0. The zero-order valence-corrected chi connectivity index (χ0v) is 27.0. The molecule has 0 aliphatic carbocycles. The highest BCUT2D eigenvalue weighted by Gasteiger charge is 2.14. The van der Waals surface area contributed by atoms with Gasteiger partial charge in [-0.05, 0) is 95.1 Å². The third kappa shape index (κ3) is 5.28. The van der Waals surface area contributed by atoms with Crippen molar-refractivity contribution in [1.82, 2.24) is 9.13 Å². The lowest BCUT2D eigenvalue weighted by Gasteiger charge is -2.08. The van der Waals surface area contributed by atoms with Gasteiger partial charge in [-0.1, -0.05) is 109 Å². The van der Waals surface area contributed by atoms with E-state index in [1.165, 1.54) is 12.1 Å². The Balaban J connectivity index is 0.904. The molecule has 0 saturated heterocycles. The molecule has 2 heterocycles. The van der Waals surface area contributed by atoms with Crippen molar-refractivity contribution in [3.8, 4) is 11.4 Å². The molecule has 0 fully saturated rings. The van der Waals surface area contributed by atoms with Crippen molar-refractivity contribution >= 4 is 67.9 Å². The lowest BCUT2D eigenvalue weighted by molar-refractivity contribution is 0.629. The van der Waals surface area contributed by atoms with Crippen molar-refractivity contribution in [2.24, 2.45) is 0 Å². The Bertz CT molecular complexity index is 2550. The summed E-state index contributed by atoms with van der Waals surface area (Å²) in [5, 5.41) is 3.90. The van der Waals surface area contributed by atoms with E-state index in [9.17, 15) is 8.78 Å². The van der Waals surface area contributed by atoms with E-state index in [2.05, 4.69) is 118 Å². The minimum absolute atomic E-state index is 0.229. The minimum atomic E-state index is -0.229. The molecule has 7 aromatic carbocycles. The monoisotopic (exact) mass is 648 g/mol. The first-order valence-corrected chi connectivity index (χ1v) is 16.6. The van der Waals surface area contributed by atoms with Gasteiger partial charge in [0.1, 0.15) is 11.6 Å². The molecule has 0 atom stereocenters. The molecule has 50 heavy (non-hydrogen) atoms. The summed E-state index contributed by atoms with van der Waals surface area (Å²) in [6, 6.07) is 51.6. The third-order valence-electron chi connectivity index (χ3n) is 9.44. The fraction of sp³-hybridized carbons (Fsp3) is 0. The number of hydrogen-bond donors (Lipinski definition) is 0. The van der Waals surface area contributed by atoms with E-state index in [1.54, 1.807) is 12.1 Å². The maximum atomic E-state index is 14.1. The van der Waals surface area contributed by atoms with Crippen molar-refractivity contribution in [3.05, 3.63) is 192 Å². The van der Waals surface area contributed by atoms with Crippen LogP contribution in [0, 0.1) is 11.6 Å². The highest BCUT2D eigenvalue weighted by Crippen LogP contribution is 2.34. The van der Waals surface area contributed by atoms with Gasteiger partial charge in [-0.3, -0.25) is 0 Å². The van der Waals surface area contributed by atoms with Crippen LogP contribution in [0.5, 0.6) is 0 Å². The fourth-order valence-corrected chi connectivity index (χ4v) is 7.02. The van der Waals surface area contributed by atoms with Gasteiger partial charge in [-0.25, -0.2) is 8.78 Å². The third-order valence-corrected chi connectivity index (χ3v) is 9.44. The van der Waals surface area contributed by atoms with Crippen molar-refractivity contribution in [2.75, 3.05) is 0 Å². The number of fused-ring (bicyclic) bond motifs is 6. The van der Waals surface area contributed by atoms with E-state index in [0.29, 0.717) is 0 Å². The lowest BCUT2D eigenvalue weighted by atomic mass is 10.1. The largest absolute Gasteiger partial charge is 0.309 e. The molecule has 9 rings (SSSR count). The average Bonchev–Trinajstić information content (AvgIpc) is 3.66. The zero-order chi connectivity index (χ0) is 33.6. The average molecular weight is 649 g/mol. The molecule has 0 aliphatic rings. The Morgan fingerprint density at radius 3 is 1.02 bits per heavy atom. The molecule has 0 amide bonds. The Labute approximate surface area is 288 Å². The van der Waals surface area contributed by atoms with Crippen LogP contribution in [0.15, 0.2) is 158 Å². The molecule has 0 saturated carbocycles. The number of para-hydroxylation sites is 2. The summed E-state index contributed by atoms with van der Waals surface area (Å²) in [5.74, 6) is -0.458. The molecule has 0 unspecified atom stereocenters. The van der Waals surface area contributed by atoms with Gasteiger partial charge in [0.05, 0.1) is 22.1 Å². The highest BCUT2D eigenvalue weighted by molar-refractivity contribution is 6.10. The van der Waals surface area contributed by atoms with E-state index >= 15 is 0 Å². The van der Waals surface area contributed by atoms with E-state index in [0.717, 1.165) is 77.2 Å². The van der Waals surface area contributed by atoms with Gasteiger partial charge in [-0.15, -0.1) is 0 Å². The predicted molar refractivity (Wildman–Crippen MR) is 206 cm³/mol. The molecule has 0 spiro atoms. The number of benzene rings is 7. The lowest BCUT2D eigenvalue weighted by Crippen LogP contribution is -1.93. The summed E-state index contributed by atoms with van der Waals surface area (Å²) >= 11 is 0. The van der Waals surface area contributed by atoms with E-state index < -0.39 is 0 Å². The number of nitrogens with zero attached hydrogens (tertiary/aromatic N) is 2. The summed E-state index contributed by atoms with van der Waals surface area (Å²) in [5.41, 5.74) is 10.6. The van der Waals surface area contributed by atoms with Gasteiger partial charge in [0, 0.05) is 32.9 Å². The number of aromatic nitrogens is 2. The Kier molecular flexibility index (Phi) is 7.21. The van der Waals surface area contributed by atoms with Gasteiger partial charge in [0.15, 0.2) is 0 Å². The van der Waals surface area contributed by atoms with Crippen LogP contribution in [-0.4, -0.2) is 9.13 Å². The molecule has 4 heteroatoms.